The summed E-state index contributed by atoms with van der Waals surface area (Å²) in [7, 11) is 0. The molecule has 3 N–H and O–H groups in total. The Morgan fingerprint density at radius 3 is 2.82 bits per heavy atom. The maximum atomic E-state index is 14.1. The molecule has 7 nitrogen and oxygen atoms in total. The van der Waals surface area contributed by atoms with Gasteiger partial charge in [-0.2, -0.15) is 0 Å². The maximum Gasteiger partial charge on any atom is 0.227 e. The van der Waals surface area contributed by atoms with Gasteiger partial charge >= 0.3 is 0 Å². The lowest BCUT2D eigenvalue weighted by molar-refractivity contribution is -0.122. The van der Waals surface area contributed by atoms with Crippen LogP contribution in [0.3, 0.4) is 0 Å². The topological polar surface area (TPSA) is 81.6 Å². The smallest absolute Gasteiger partial charge is 0.227 e. The Hall–Kier alpha value is -2.43. The molecule has 0 spiro atoms. The average molecular weight is 566 g/mol. The Balaban J connectivity index is 0.00000306. The third-order valence-electron chi connectivity index (χ3n) is 6.00. The first-order chi connectivity index (χ1) is 15.6. The van der Waals surface area contributed by atoms with Gasteiger partial charge in [-0.25, -0.2) is 14.4 Å². The number of guanidine groups is 1. The van der Waals surface area contributed by atoms with Crippen LogP contribution in [0, 0.1) is 11.7 Å². The number of hydrogen-bond donors (Lipinski definition) is 3. The van der Waals surface area contributed by atoms with E-state index in [2.05, 4.69) is 20.9 Å². The number of halogens is 2. The number of rotatable bonds is 7. The number of pyridine rings is 1. The molecule has 1 amide bonds. The van der Waals surface area contributed by atoms with E-state index in [0.29, 0.717) is 18.9 Å². The van der Waals surface area contributed by atoms with Crippen LogP contribution < -0.4 is 20.9 Å². The summed E-state index contributed by atoms with van der Waals surface area (Å²) in [5, 5.41) is 9.76. The van der Waals surface area contributed by atoms with E-state index in [9.17, 15) is 9.18 Å². The minimum atomic E-state index is -0.294. The summed E-state index contributed by atoms with van der Waals surface area (Å²) in [6.45, 7) is 4.68. The molecular formula is C24H32FIN6O. The van der Waals surface area contributed by atoms with Crippen LogP contribution >= 0.6 is 24.0 Å². The molecule has 2 heterocycles. The van der Waals surface area contributed by atoms with E-state index in [1.54, 1.807) is 12.3 Å². The van der Waals surface area contributed by atoms with E-state index in [4.69, 9.17) is 4.99 Å². The third-order valence-corrected chi connectivity index (χ3v) is 6.00. The average Bonchev–Trinajstić information content (AvgIpc) is 3.20. The minimum Gasteiger partial charge on any atom is -0.357 e. The molecule has 1 saturated carbocycles. The Morgan fingerprint density at radius 1 is 1.24 bits per heavy atom. The van der Waals surface area contributed by atoms with Gasteiger partial charge in [0.25, 0.3) is 0 Å². The summed E-state index contributed by atoms with van der Waals surface area (Å²) in [6.07, 6.45) is 5.61. The highest BCUT2D eigenvalue weighted by Gasteiger charge is 2.26. The van der Waals surface area contributed by atoms with Crippen molar-refractivity contribution in [2.24, 2.45) is 10.9 Å². The second-order valence-corrected chi connectivity index (χ2v) is 8.40. The summed E-state index contributed by atoms with van der Waals surface area (Å²) in [6, 6.07) is 11.0. The van der Waals surface area contributed by atoms with Crippen molar-refractivity contribution in [3.05, 3.63) is 54.0 Å². The number of nitrogens with zero attached hydrogens (tertiary/aromatic N) is 3. The molecule has 1 aromatic heterocycles. The van der Waals surface area contributed by atoms with Crippen LogP contribution in [0.25, 0.3) is 0 Å². The van der Waals surface area contributed by atoms with Gasteiger partial charge in [0.15, 0.2) is 17.6 Å². The SMILES string of the molecule is CCNC(=NCc1cccc(NC(=O)C2CCC2)c1)NC1CCN(c2ncccc2F)C1.I. The van der Waals surface area contributed by atoms with Gasteiger partial charge in [0.1, 0.15) is 0 Å². The first-order valence-electron chi connectivity index (χ1n) is 11.4. The summed E-state index contributed by atoms with van der Waals surface area (Å²) in [5.74, 6) is 1.11. The van der Waals surface area contributed by atoms with E-state index in [1.807, 2.05) is 36.1 Å². The van der Waals surface area contributed by atoms with E-state index >= 15 is 0 Å². The fourth-order valence-electron chi connectivity index (χ4n) is 4.03. The third kappa shape index (κ3) is 6.78. The molecule has 1 unspecified atom stereocenters. The molecule has 178 valence electrons. The van der Waals surface area contributed by atoms with Crippen LogP contribution in [-0.2, 0) is 11.3 Å². The Morgan fingerprint density at radius 2 is 2.09 bits per heavy atom. The molecule has 2 fully saturated rings. The van der Waals surface area contributed by atoms with Crippen molar-refractivity contribution < 1.29 is 9.18 Å². The number of hydrogen-bond acceptors (Lipinski definition) is 4. The molecule has 9 heteroatoms. The Labute approximate surface area is 211 Å². The number of aliphatic imine (C=N–C) groups is 1. The Kier molecular flexibility index (Phi) is 9.28. The van der Waals surface area contributed by atoms with Crippen LogP contribution in [-0.4, -0.2) is 42.5 Å². The monoisotopic (exact) mass is 566 g/mol. The number of aromatic nitrogens is 1. The van der Waals surface area contributed by atoms with Gasteiger partial charge in [-0.3, -0.25) is 4.79 Å². The van der Waals surface area contributed by atoms with Gasteiger partial charge in [0.05, 0.1) is 6.54 Å². The van der Waals surface area contributed by atoms with Crippen molar-refractivity contribution in [2.45, 2.75) is 45.2 Å². The number of carbonyl (C=O) groups is 1. The second kappa shape index (κ2) is 12.2. The zero-order valence-corrected chi connectivity index (χ0v) is 21.2. The van der Waals surface area contributed by atoms with E-state index in [-0.39, 0.29) is 47.7 Å². The quantitative estimate of drug-likeness (QED) is 0.269. The molecule has 1 aliphatic heterocycles. The largest absolute Gasteiger partial charge is 0.357 e. The standard InChI is InChI=1S/C24H31FN6O.HI/c1-2-26-24(30-20-11-13-31(16-20)22-21(25)10-5-12-27-22)28-15-17-6-3-9-19(14-17)29-23(32)18-7-4-8-18;/h3,5-6,9-10,12,14,18,20H,2,4,7-8,11,13,15-16H2,1H3,(H,29,32)(H2,26,28,30);1H. The molecule has 33 heavy (non-hydrogen) atoms. The molecule has 1 aromatic carbocycles. The first kappa shape index (κ1) is 25.2. The number of benzene rings is 1. The lowest BCUT2D eigenvalue weighted by atomic mass is 9.85. The van der Waals surface area contributed by atoms with E-state index in [1.165, 1.54) is 6.07 Å². The molecule has 1 aliphatic carbocycles. The van der Waals surface area contributed by atoms with Crippen LogP contribution in [0.5, 0.6) is 0 Å². The lowest BCUT2D eigenvalue weighted by Crippen LogP contribution is -2.44. The highest BCUT2D eigenvalue weighted by molar-refractivity contribution is 14.0. The van der Waals surface area contributed by atoms with Crippen molar-refractivity contribution >= 4 is 47.3 Å². The number of amides is 1. The van der Waals surface area contributed by atoms with Gasteiger partial charge in [0, 0.05) is 43.5 Å². The zero-order chi connectivity index (χ0) is 22.3. The fourth-order valence-corrected chi connectivity index (χ4v) is 4.03. The van der Waals surface area contributed by atoms with Crippen LogP contribution in [0.2, 0.25) is 0 Å². The second-order valence-electron chi connectivity index (χ2n) is 8.40. The molecule has 0 radical (unpaired) electrons. The predicted molar refractivity (Wildman–Crippen MR) is 141 cm³/mol. The van der Waals surface area contributed by atoms with Gasteiger partial charge in [-0.15, -0.1) is 24.0 Å². The number of anilines is 2. The van der Waals surface area contributed by atoms with Crippen molar-refractivity contribution in [1.82, 2.24) is 15.6 Å². The number of carbonyl (C=O) groups excluding carboxylic acids is 1. The van der Waals surface area contributed by atoms with Crippen LogP contribution in [0.1, 0.15) is 38.2 Å². The van der Waals surface area contributed by atoms with Gasteiger partial charge in [-0.1, -0.05) is 18.6 Å². The van der Waals surface area contributed by atoms with Crippen molar-refractivity contribution in [1.29, 1.82) is 0 Å². The van der Waals surface area contributed by atoms with Crippen LogP contribution in [0.15, 0.2) is 47.6 Å². The predicted octanol–water partition coefficient (Wildman–Crippen LogP) is 3.91. The fraction of sp³-hybridized carbons (Fsp3) is 0.458. The normalized spacial score (nSPS) is 18.3. The van der Waals surface area contributed by atoms with E-state index in [0.717, 1.165) is 56.0 Å². The highest BCUT2D eigenvalue weighted by atomic mass is 127. The summed E-state index contributed by atoms with van der Waals surface area (Å²) < 4.78 is 14.1. The first-order valence-corrected chi connectivity index (χ1v) is 11.4. The zero-order valence-electron chi connectivity index (χ0n) is 18.9. The highest BCUT2D eigenvalue weighted by Crippen LogP contribution is 2.27. The summed E-state index contributed by atoms with van der Waals surface area (Å²) in [4.78, 5) is 23.1. The molecule has 2 aromatic rings. The Bertz CT molecular complexity index is 967. The molecular weight excluding hydrogens is 534 g/mol. The maximum absolute atomic E-state index is 14.1. The summed E-state index contributed by atoms with van der Waals surface area (Å²) in [5.41, 5.74) is 1.84. The van der Waals surface area contributed by atoms with Gasteiger partial charge < -0.3 is 20.9 Å². The van der Waals surface area contributed by atoms with Crippen molar-refractivity contribution in [2.75, 3.05) is 29.9 Å². The van der Waals surface area contributed by atoms with Crippen molar-refractivity contribution in [3.63, 3.8) is 0 Å². The molecule has 0 bridgehead atoms. The summed E-state index contributed by atoms with van der Waals surface area (Å²) >= 11 is 0. The van der Waals surface area contributed by atoms with Crippen LogP contribution in [0.4, 0.5) is 15.9 Å². The molecule has 1 atom stereocenters. The lowest BCUT2D eigenvalue weighted by Gasteiger charge is -2.24. The van der Waals surface area contributed by atoms with E-state index < -0.39 is 0 Å². The van der Waals surface area contributed by atoms with Crippen molar-refractivity contribution in [3.8, 4) is 0 Å². The molecule has 4 rings (SSSR count). The molecule has 2 aliphatic rings. The number of nitrogens with one attached hydrogen (secondary N) is 3. The minimum absolute atomic E-state index is 0. The van der Waals surface area contributed by atoms with Gasteiger partial charge in [0.2, 0.25) is 5.91 Å². The molecule has 1 saturated heterocycles. The van der Waals surface area contributed by atoms with Gasteiger partial charge in [-0.05, 0) is 56.0 Å².